The third-order valence-corrected chi connectivity index (χ3v) is 1.86. The van der Waals surface area contributed by atoms with Crippen molar-refractivity contribution in [2.75, 3.05) is 20.6 Å². The maximum atomic E-state index is 11.2. The molecule has 0 aromatic rings. The third-order valence-electron chi connectivity index (χ3n) is 1.86. The fourth-order valence-electron chi connectivity index (χ4n) is 1.06. The van der Waals surface area contributed by atoms with Crippen LogP contribution < -0.4 is 5.32 Å². The standard InChI is InChI=1S/C8H16N2O3/c1-4-6(8(12)13)10(3)7(11)5-9-2/h6,9H,4-5H2,1-3H3,(H,12,13). The lowest BCUT2D eigenvalue weighted by Crippen LogP contribution is -2.45. The minimum Gasteiger partial charge on any atom is -0.480 e. The van der Waals surface area contributed by atoms with Crippen molar-refractivity contribution in [2.24, 2.45) is 0 Å². The highest BCUT2D eigenvalue weighted by molar-refractivity contribution is 5.84. The number of aliphatic carboxylic acids is 1. The Morgan fingerprint density at radius 1 is 1.54 bits per heavy atom. The zero-order valence-corrected chi connectivity index (χ0v) is 8.20. The number of nitrogens with zero attached hydrogens (tertiary/aromatic N) is 1. The molecular weight excluding hydrogens is 172 g/mol. The molecule has 76 valence electrons. The summed E-state index contributed by atoms with van der Waals surface area (Å²) >= 11 is 0. The molecule has 0 saturated carbocycles. The monoisotopic (exact) mass is 188 g/mol. The van der Waals surface area contributed by atoms with Crippen LogP contribution in [0, 0.1) is 0 Å². The van der Waals surface area contributed by atoms with Gasteiger partial charge in [0.15, 0.2) is 0 Å². The fourth-order valence-corrected chi connectivity index (χ4v) is 1.06. The zero-order valence-electron chi connectivity index (χ0n) is 8.20. The Bertz CT molecular complexity index is 194. The Kier molecular flexibility index (Phi) is 5.06. The van der Waals surface area contributed by atoms with Crippen molar-refractivity contribution < 1.29 is 14.7 Å². The highest BCUT2D eigenvalue weighted by Gasteiger charge is 2.23. The minimum absolute atomic E-state index is 0.167. The Morgan fingerprint density at radius 3 is 2.38 bits per heavy atom. The number of hydrogen-bond acceptors (Lipinski definition) is 3. The maximum absolute atomic E-state index is 11.2. The predicted molar refractivity (Wildman–Crippen MR) is 48.4 cm³/mol. The van der Waals surface area contributed by atoms with Gasteiger partial charge in [-0.15, -0.1) is 0 Å². The summed E-state index contributed by atoms with van der Waals surface area (Å²) in [6.45, 7) is 1.90. The van der Waals surface area contributed by atoms with Gasteiger partial charge in [0, 0.05) is 7.05 Å². The number of carbonyl (C=O) groups is 2. The van der Waals surface area contributed by atoms with Crippen LogP contribution in [0.1, 0.15) is 13.3 Å². The van der Waals surface area contributed by atoms with E-state index in [1.165, 1.54) is 11.9 Å². The third kappa shape index (κ3) is 3.42. The number of rotatable bonds is 5. The van der Waals surface area contributed by atoms with E-state index in [2.05, 4.69) is 5.32 Å². The van der Waals surface area contributed by atoms with E-state index in [4.69, 9.17) is 5.11 Å². The van der Waals surface area contributed by atoms with Gasteiger partial charge in [-0.3, -0.25) is 4.79 Å². The van der Waals surface area contributed by atoms with E-state index in [1.54, 1.807) is 14.0 Å². The normalized spacial score (nSPS) is 12.2. The van der Waals surface area contributed by atoms with Gasteiger partial charge in [-0.25, -0.2) is 4.79 Å². The van der Waals surface area contributed by atoms with Crippen LogP contribution in [0.4, 0.5) is 0 Å². The van der Waals surface area contributed by atoms with Gasteiger partial charge in [-0.2, -0.15) is 0 Å². The SMILES string of the molecule is CCC(C(=O)O)N(C)C(=O)CNC. The van der Waals surface area contributed by atoms with Crippen LogP contribution in [0.2, 0.25) is 0 Å². The maximum Gasteiger partial charge on any atom is 0.326 e. The molecule has 0 saturated heterocycles. The van der Waals surface area contributed by atoms with Crippen molar-refractivity contribution in [1.29, 1.82) is 0 Å². The first kappa shape index (κ1) is 11.9. The molecule has 0 spiro atoms. The van der Waals surface area contributed by atoms with Gasteiger partial charge in [-0.1, -0.05) is 6.92 Å². The van der Waals surface area contributed by atoms with Crippen LogP contribution >= 0.6 is 0 Å². The Labute approximate surface area is 77.7 Å². The minimum atomic E-state index is -0.963. The Morgan fingerprint density at radius 2 is 2.08 bits per heavy atom. The second kappa shape index (κ2) is 5.53. The molecule has 0 aliphatic heterocycles. The molecule has 2 N–H and O–H groups in total. The van der Waals surface area contributed by atoms with E-state index < -0.39 is 12.0 Å². The summed E-state index contributed by atoms with van der Waals surface area (Å²) < 4.78 is 0. The first-order valence-corrected chi connectivity index (χ1v) is 4.17. The van der Waals surface area contributed by atoms with Gasteiger partial charge >= 0.3 is 5.97 Å². The molecule has 0 aromatic carbocycles. The molecule has 1 atom stereocenters. The van der Waals surface area contributed by atoms with Gasteiger partial charge in [-0.05, 0) is 13.5 Å². The van der Waals surface area contributed by atoms with Crippen LogP contribution in [0.25, 0.3) is 0 Å². The van der Waals surface area contributed by atoms with Crippen molar-refractivity contribution in [2.45, 2.75) is 19.4 Å². The lowest BCUT2D eigenvalue weighted by molar-refractivity contribution is -0.148. The first-order valence-electron chi connectivity index (χ1n) is 4.17. The number of amides is 1. The number of hydrogen-bond donors (Lipinski definition) is 2. The Hall–Kier alpha value is -1.10. The van der Waals surface area contributed by atoms with Crippen molar-refractivity contribution in [3.05, 3.63) is 0 Å². The molecule has 0 rings (SSSR count). The number of carboxylic acids is 1. The molecule has 0 radical (unpaired) electrons. The van der Waals surface area contributed by atoms with Crippen LogP contribution in [-0.4, -0.2) is 48.6 Å². The topological polar surface area (TPSA) is 69.6 Å². The molecule has 5 nitrogen and oxygen atoms in total. The second-order valence-electron chi connectivity index (χ2n) is 2.80. The molecule has 13 heavy (non-hydrogen) atoms. The summed E-state index contributed by atoms with van der Waals surface area (Å²) in [7, 11) is 3.15. The molecular formula is C8H16N2O3. The number of carbonyl (C=O) groups excluding carboxylic acids is 1. The summed E-state index contributed by atoms with van der Waals surface area (Å²) in [6, 6.07) is -0.721. The smallest absolute Gasteiger partial charge is 0.326 e. The highest BCUT2D eigenvalue weighted by atomic mass is 16.4. The second-order valence-corrected chi connectivity index (χ2v) is 2.80. The van der Waals surface area contributed by atoms with Gasteiger partial charge in [0.05, 0.1) is 6.54 Å². The van der Waals surface area contributed by atoms with Gasteiger partial charge in [0.2, 0.25) is 5.91 Å². The number of likely N-dealkylation sites (N-methyl/N-ethyl adjacent to an activating group) is 2. The Balaban J connectivity index is 4.27. The summed E-state index contributed by atoms with van der Waals surface area (Å²) in [4.78, 5) is 23.2. The summed E-state index contributed by atoms with van der Waals surface area (Å²) in [5, 5.41) is 11.4. The van der Waals surface area contributed by atoms with Crippen LogP contribution in [-0.2, 0) is 9.59 Å². The van der Waals surface area contributed by atoms with Crippen molar-refractivity contribution in [3.63, 3.8) is 0 Å². The molecule has 1 unspecified atom stereocenters. The molecule has 0 bridgehead atoms. The lowest BCUT2D eigenvalue weighted by Gasteiger charge is -2.23. The van der Waals surface area contributed by atoms with Gasteiger partial charge in [0.1, 0.15) is 6.04 Å². The average Bonchev–Trinajstić information content (AvgIpc) is 2.05. The van der Waals surface area contributed by atoms with Crippen LogP contribution in [0.15, 0.2) is 0 Å². The van der Waals surface area contributed by atoms with Crippen LogP contribution in [0.5, 0.6) is 0 Å². The van der Waals surface area contributed by atoms with Crippen LogP contribution in [0.3, 0.4) is 0 Å². The predicted octanol–water partition coefficient (Wildman–Crippen LogP) is -0.473. The lowest BCUT2D eigenvalue weighted by atomic mass is 10.2. The van der Waals surface area contributed by atoms with E-state index in [9.17, 15) is 9.59 Å². The summed E-state index contributed by atoms with van der Waals surface area (Å²) in [6.07, 6.45) is 0.418. The van der Waals surface area contributed by atoms with Crippen molar-refractivity contribution in [1.82, 2.24) is 10.2 Å². The molecule has 0 fully saturated rings. The van der Waals surface area contributed by atoms with Gasteiger partial charge < -0.3 is 15.3 Å². The average molecular weight is 188 g/mol. The van der Waals surface area contributed by atoms with E-state index in [0.29, 0.717) is 6.42 Å². The molecule has 0 aliphatic carbocycles. The molecule has 0 heterocycles. The zero-order chi connectivity index (χ0) is 10.4. The summed E-state index contributed by atoms with van der Waals surface area (Å²) in [5.41, 5.74) is 0. The highest BCUT2D eigenvalue weighted by Crippen LogP contribution is 2.01. The molecule has 1 amide bonds. The van der Waals surface area contributed by atoms with Crippen molar-refractivity contribution in [3.8, 4) is 0 Å². The van der Waals surface area contributed by atoms with E-state index in [0.717, 1.165) is 0 Å². The largest absolute Gasteiger partial charge is 0.480 e. The number of nitrogens with one attached hydrogen (secondary N) is 1. The fraction of sp³-hybridized carbons (Fsp3) is 0.750. The van der Waals surface area contributed by atoms with Gasteiger partial charge in [0.25, 0.3) is 0 Å². The van der Waals surface area contributed by atoms with E-state index in [1.807, 2.05) is 0 Å². The number of carboxylic acid groups (broad SMARTS) is 1. The molecule has 5 heteroatoms. The quantitative estimate of drug-likeness (QED) is 0.612. The summed E-state index contributed by atoms with van der Waals surface area (Å²) in [5.74, 6) is -1.17. The molecule has 0 aliphatic rings. The van der Waals surface area contributed by atoms with E-state index >= 15 is 0 Å². The van der Waals surface area contributed by atoms with E-state index in [-0.39, 0.29) is 12.5 Å². The first-order chi connectivity index (χ1) is 6.04. The van der Waals surface area contributed by atoms with Crippen molar-refractivity contribution >= 4 is 11.9 Å². The molecule has 0 aromatic heterocycles.